The van der Waals surface area contributed by atoms with Crippen LogP contribution in [0.2, 0.25) is 0 Å². The van der Waals surface area contributed by atoms with Crippen molar-refractivity contribution >= 4 is 22.9 Å². The summed E-state index contributed by atoms with van der Waals surface area (Å²) >= 11 is 0. The Morgan fingerprint density at radius 3 is 2.51 bits per heavy atom. The zero-order chi connectivity index (χ0) is 26.3. The number of anilines is 1. The fraction of sp³-hybridized carbons (Fsp3) is 0.273. The van der Waals surface area contributed by atoms with E-state index < -0.39 is 23.2 Å². The number of aryl methyl sites for hydroxylation is 3. The van der Waals surface area contributed by atoms with Gasteiger partial charge in [-0.1, -0.05) is 5.16 Å². The van der Waals surface area contributed by atoms with Gasteiger partial charge in [0, 0.05) is 25.0 Å². The van der Waals surface area contributed by atoms with E-state index in [2.05, 4.69) is 40.4 Å². The summed E-state index contributed by atoms with van der Waals surface area (Å²) in [5.41, 5.74) is 0.0648. The third-order valence-corrected chi connectivity index (χ3v) is 5.68. The van der Waals surface area contributed by atoms with Crippen molar-refractivity contribution in [3.05, 3.63) is 69.5 Å². The minimum Gasteiger partial charge on any atom is -0.337 e. The van der Waals surface area contributed by atoms with Crippen LogP contribution in [0.3, 0.4) is 0 Å². The van der Waals surface area contributed by atoms with Crippen LogP contribution in [0.1, 0.15) is 30.5 Å². The van der Waals surface area contributed by atoms with Gasteiger partial charge in [0.15, 0.2) is 22.8 Å². The molecular formula is C22H21N11O4. The molecule has 15 heteroatoms. The highest BCUT2D eigenvalue weighted by Gasteiger charge is 2.24. The Hall–Kier alpha value is -5.08. The summed E-state index contributed by atoms with van der Waals surface area (Å²) < 4.78 is 8.64. The molecule has 0 saturated carbocycles. The lowest BCUT2D eigenvalue weighted by Gasteiger charge is -2.15. The number of hydrogen-bond donors (Lipinski definition) is 1. The van der Waals surface area contributed by atoms with Gasteiger partial charge in [-0.2, -0.15) is 4.98 Å². The van der Waals surface area contributed by atoms with Crippen LogP contribution in [-0.4, -0.2) is 54.7 Å². The number of rotatable bonds is 6. The maximum Gasteiger partial charge on any atom is 0.332 e. The largest absolute Gasteiger partial charge is 0.337 e. The molecule has 1 N–H and O–H groups in total. The first-order chi connectivity index (χ1) is 17.7. The van der Waals surface area contributed by atoms with E-state index in [0.29, 0.717) is 22.9 Å². The van der Waals surface area contributed by atoms with Crippen LogP contribution in [0.15, 0.2) is 45.2 Å². The first-order valence-corrected chi connectivity index (χ1v) is 11.1. The van der Waals surface area contributed by atoms with E-state index in [4.69, 9.17) is 4.52 Å². The fourth-order valence-electron chi connectivity index (χ4n) is 3.71. The van der Waals surface area contributed by atoms with Gasteiger partial charge >= 0.3 is 5.69 Å². The van der Waals surface area contributed by atoms with E-state index in [0.717, 1.165) is 4.57 Å². The summed E-state index contributed by atoms with van der Waals surface area (Å²) in [4.78, 5) is 64.4. The normalized spacial score (nSPS) is 12.1. The molecule has 37 heavy (non-hydrogen) atoms. The average molecular weight is 503 g/mol. The highest BCUT2D eigenvalue weighted by Crippen LogP contribution is 2.18. The number of amides is 1. The second-order valence-electron chi connectivity index (χ2n) is 8.27. The molecule has 0 fully saturated rings. The predicted molar refractivity (Wildman–Crippen MR) is 129 cm³/mol. The molecule has 1 atom stereocenters. The number of carbonyl (C=O) groups is 1. The Balaban J connectivity index is 1.46. The molecule has 5 aromatic heterocycles. The molecular weight excluding hydrogens is 482 g/mol. The molecule has 0 aliphatic heterocycles. The van der Waals surface area contributed by atoms with Crippen molar-refractivity contribution in [1.82, 2.24) is 48.8 Å². The van der Waals surface area contributed by atoms with Gasteiger partial charge in [0.25, 0.3) is 5.56 Å². The van der Waals surface area contributed by atoms with Crippen LogP contribution in [0.25, 0.3) is 22.4 Å². The molecule has 0 aromatic carbocycles. The van der Waals surface area contributed by atoms with E-state index in [-0.39, 0.29) is 29.4 Å². The summed E-state index contributed by atoms with van der Waals surface area (Å²) in [5.74, 6) is 0.823. The van der Waals surface area contributed by atoms with Crippen LogP contribution >= 0.6 is 0 Å². The van der Waals surface area contributed by atoms with Crippen molar-refractivity contribution in [3.8, 4) is 11.3 Å². The molecule has 1 amide bonds. The molecule has 15 nitrogen and oxygen atoms in total. The topological polar surface area (TPSA) is 181 Å². The lowest BCUT2D eigenvalue weighted by Crippen LogP contribution is -2.40. The van der Waals surface area contributed by atoms with Crippen molar-refractivity contribution < 1.29 is 9.32 Å². The Labute approximate surface area is 207 Å². The Morgan fingerprint density at radius 2 is 1.81 bits per heavy atom. The molecule has 188 valence electrons. The van der Waals surface area contributed by atoms with E-state index in [1.165, 1.54) is 34.9 Å². The zero-order valence-corrected chi connectivity index (χ0v) is 20.3. The van der Waals surface area contributed by atoms with Crippen molar-refractivity contribution in [2.24, 2.45) is 7.05 Å². The van der Waals surface area contributed by atoms with Gasteiger partial charge in [0.2, 0.25) is 11.8 Å². The van der Waals surface area contributed by atoms with Crippen LogP contribution in [0.5, 0.6) is 0 Å². The Morgan fingerprint density at radius 1 is 1.05 bits per heavy atom. The van der Waals surface area contributed by atoms with Crippen LogP contribution < -0.4 is 16.6 Å². The zero-order valence-electron chi connectivity index (χ0n) is 20.3. The second-order valence-corrected chi connectivity index (χ2v) is 8.27. The van der Waals surface area contributed by atoms with Crippen molar-refractivity contribution in [2.75, 3.05) is 5.32 Å². The molecule has 5 heterocycles. The molecule has 5 aromatic rings. The lowest BCUT2D eigenvalue weighted by molar-refractivity contribution is -0.118. The monoisotopic (exact) mass is 503 g/mol. The maximum atomic E-state index is 13.3. The molecule has 0 aliphatic rings. The predicted octanol–water partition coefficient (Wildman–Crippen LogP) is 0.392. The highest BCUT2D eigenvalue weighted by molar-refractivity contribution is 5.93. The molecule has 5 rings (SSSR count). The van der Waals surface area contributed by atoms with Crippen LogP contribution in [0, 0.1) is 13.8 Å². The van der Waals surface area contributed by atoms with Crippen molar-refractivity contribution in [2.45, 2.75) is 33.4 Å². The van der Waals surface area contributed by atoms with Crippen molar-refractivity contribution in [3.63, 3.8) is 0 Å². The summed E-state index contributed by atoms with van der Waals surface area (Å²) in [6, 6.07) is -0.887. The SMILES string of the molecule is Cc1ncc(-c2cncc(NC(=O)[C@H](C)n3cnc4c3c(=O)n(Cc3nc(C)no3)c(=O)n4C)n2)cn1. The van der Waals surface area contributed by atoms with Gasteiger partial charge in [-0.15, -0.1) is 0 Å². The Kier molecular flexibility index (Phi) is 5.87. The van der Waals surface area contributed by atoms with Gasteiger partial charge in [-0.3, -0.25) is 19.1 Å². The molecule has 0 unspecified atom stereocenters. The number of aromatic nitrogens is 10. The quantitative estimate of drug-likeness (QED) is 0.338. The van der Waals surface area contributed by atoms with E-state index in [9.17, 15) is 14.4 Å². The smallest absolute Gasteiger partial charge is 0.332 e. The summed E-state index contributed by atoms with van der Waals surface area (Å²) in [6.07, 6.45) is 7.50. The van der Waals surface area contributed by atoms with Gasteiger partial charge in [-0.25, -0.2) is 29.3 Å². The average Bonchev–Trinajstić information content (AvgIpc) is 3.52. The first-order valence-electron chi connectivity index (χ1n) is 11.1. The number of fused-ring (bicyclic) bond motifs is 1. The number of hydrogen-bond acceptors (Lipinski definition) is 11. The van der Waals surface area contributed by atoms with E-state index in [1.807, 2.05) is 0 Å². The molecule has 0 bridgehead atoms. The van der Waals surface area contributed by atoms with Crippen LogP contribution in [0.4, 0.5) is 5.82 Å². The molecule has 0 radical (unpaired) electrons. The third kappa shape index (κ3) is 4.37. The maximum absolute atomic E-state index is 13.3. The van der Waals surface area contributed by atoms with Gasteiger partial charge in [-0.05, 0) is 20.8 Å². The highest BCUT2D eigenvalue weighted by atomic mass is 16.5. The van der Waals surface area contributed by atoms with Gasteiger partial charge in [0.05, 0.1) is 24.4 Å². The molecule has 0 saturated heterocycles. The molecule has 0 aliphatic carbocycles. The summed E-state index contributed by atoms with van der Waals surface area (Å²) in [7, 11) is 1.48. The lowest BCUT2D eigenvalue weighted by atomic mass is 10.2. The Bertz CT molecular complexity index is 1750. The summed E-state index contributed by atoms with van der Waals surface area (Å²) in [5, 5.41) is 6.39. The number of nitrogens with one attached hydrogen (secondary N) is 1. The minimum absolute atomic E-state index is 0.0672. The first kappa shape index (κ1) is 23.7. The standard InChI is InChI=1S/C22H21N11O4/c1-11(20(34)29-16-8-23-7-15(28-16)14-5-24-12(2)25-6-14)33-10-26-19-18(33)21(35)32(22(36)31(19)4)9-17-27-13(3)30-37-17/h5-8,10-11H,9H2,1-4H3,(H,28,29,34)/t11-/m0/s1. The fourth-order valence-corrected chi connectivity index (χ4v) is 3.71. The van der Waals surface area contributed by atoms with Crippen molar-refractivity contribution in [1.29, 1.82) is 0 Å². The summed E-state index contributed by atoms with van der Waals surface area (Å²) in [6.45, 7) is 4.77. The van der Waals surface area contributed by atoms with E-state index >= 15 is 0 Å². The van der Waals surface area contributed by atoms with E-state index in [1.54, 1.807) is 33.2 Å². The van der Waals surface area contributed by atoms with Crippen LogP contribution in [-0.2, 0) is 18.4 Å². The molecule has 0 spiro atoms. The third-order valence-electron chi connectivity index (χ3n) is 5.68. The number of nitrogens with zero attached hydrogens (tertiary/aromatic N) is 10. The number of imidazole rings is 1. The number of carbonyl (C=O) groups excluding carboxylic acids is 1. The van der Waals surface area contributed by atoms with Gasteiger partial charge < -0.3 is 14.4 Å². The second kappa shape index (κ2) is 9.18. The minimum atomic E-state index is -0.887. The van der Waals surface area contributed by atoms with Gasteiger partial charge in [0.1, 0.15) is 18.4 Å².